The average molecular weight is 303 g/mol. The summed E-state index contributed by atoms with van der Waals surface area (Å²) < 4.78 is 9.90. The van der Waals surface area contributed by atoms with Crippen molar-refractivity contribution in [3.8, 4) is 5.75 Å². The molecular formula is C14H16Cl2O3. The third kappa shape index (κ3) is 3.34. The molecular weight excluding hydrogens is 287 g/mol. The highest BCUT2D eigenvalue weighted by atomic mass is 35.5. The summed E-state index contributed by atoms with van der Waals surface area (Å²) in [5.41, 5.74) is 2.06. The van der Waals surface area contributed by atoms with Crippen LogP contribution in [0.25, 0.3) is 0 Å². The molecule has 0 N–H and O–H groups in total. The quantitative estimate of drug-likeness (QED) is 0.469. The van der Waals surface area contributed by atoms with Gasteiger partial charge in [0.05, 0.1) is 0 Å². The van der Waals surface area contributed by atoms with E-state index in [2.05, 4.69) is 0 Å². The van der Waals surface area contributed by atoms with Gasteiger partial charge in [0.2, 0.25) is 5.79 Å². The molecule has 1 unspecified atom stereocenters. The van der Waals surface area contributed by atoms with Crippen molar-refractivity contribution in [2.75, 3.05) is 0 Å². The molecule has 5 heteroatoms. The smallest absolute Gasteiger partial charge is 0.296 e. The molecule has 0 aromatic heterocycles. The molecule has 0 amide bonds. The lowest BCUT2D eigenvalue weighted by Crippen LogP contribution is -2.31. The third-order valence-corrected chi connectivity index (χ3v) is 3.95. The maximum atomic E-state index is 10.4. The van der Waals surface area contributed by atoms with Gasteiger partial charge in [-0.15, -0.1) is 23.2 Å². The Kier molecular flexibility index (Phi) is 3.72. The van der Waals surface area contributed by atoms with Gasteiger partial charge in [-0.25, -0.2) is 0 Å². The summed E-state index contributed by atoms with van der Waals surface area (Å²) in [4.78, 5) is 10.4. The summed E-state index contributed by atoms with van der Waals surface area (Å²) in [7, 11) is 0. The van der Waals surface area contributed by atoms with Gasteiger partial charge < -0.3 is 9.47 Å². The molecule has 2 rings (SSSR count). The second-order valence-electron chi connectivity index (χ2n) is 5.26. The molecule has 1 atom stereocenters. The van der Waals surface area contributed by atoms with E-state index in [1.165, 1.54) is 0 Å². The van der Waals surface area contributed by atoms with Gasteiger partial charge in [-0.3, -0.25) is 4.79 Å². The molecule has 1 aromatic rings. The summed E-state index contributed by atoms with van der Waals surface area (Å²) in [6.45, 7) is 5.67. The molecule has 1 aliphatic carbocycles. The number of rotatable bonds is 5. The molecule has 0 aliphatic heterocycles. The van der Waals surface area contributed by atoms with Crippen LogP contribution < -0.4 is 4.74 Å². The number of hydrogen-bond donors (Lipinski definition) is 0. The minimum Gasteiger partial charge on any atom is -0.453 e. The first-order chi connectivity index (χ1) is 8.75. The fourth-order valence-corrected chi connectivity index (χ4v) is 2.54. The molecule has 0 spiro atoms. The average Bonchev–Trinajstić information content (AvgIpc) is 2.90. The van der Waals surface area contributed by atoms with Crippen molar-refractivity contribution in [2.24, 2.45) is 0 Å². The van der Waals surface area contributed by atoms with Gasteiger partial charge in [-0.2, -0.15) is 0 Å². The van der Waals surface area contributed by atoms with Gasteiger partial charge in [0, 0.05) is 19.8 Å². The van der Waals surface area contributed by atoms with Gasteiger partial charge in [-0.05, 0) is 30.5 Å². The van der Waals surface area contributed by atoms with Gasteiger partial charge in [0.25, 0.3) is 6.47 Å². The van der Waals surface area contributed by atoms with Crippen LogP contribution in [0.2, 0.25) is 0 Å². The van der Waals surface area contributed by atoms with Crippen LogP contribution >= 0.6 is 23.2 Å². The van der Waals surface area contributed by atoms with Crippen molar-refractivity contribution in [3.05, 3.63) is 29.3 Å². The highest BCUT2D eigenvalue weighted by Gasteiger charge is 2.52. The monoisotopic (exact) mass is 302 g/mol. The van der Waals surface area contributed by atoms with Crippen molar-refractivity contribution in [3.63, 3.8) is 0 Å². The predicted octanol–water partition coefficient (Wildman–Crippen LogP) is 3.94. The Balaban J connectivity index is 2.14. The number of halogens is 2. The number of benzene rings is 1. The van der Waals surface area contributed by atoms with Gasteiger partial charge in [0.15, 0.2) is 0 Å². The topological polar surface area (TPSA) is 35.5 Å². The fourth-order valence-electron chi connectivity index (χ4n) is 1.98. The van der Waals surface area contributed by atoms with E-state index >= 15 is 0 Å². The Labute approximate surface area is 122 Å². The maximum Gasteiger partial charge on any atom is 0.296 e. The predicted molar refractivity (Wildman–Crippen MR) is 74.8 cm³/mol. The van der Waals surface area contributed by atoms with E-state index in [1.807, 2.05) is 25.1 Å². The number of alkyl halides is 2. The van der Waals surface area contributed by atoms with Crippen LogP contribution in [0.15, 0.2) is 18.2 Å². The molecule has 0 bridgehead atoms. The Bertz CT molecular complexity index is 497. The van der Waals surface area contributed by atoms with Crippen molar-refractivity contribution >= 4 is 29.7 Å². The van der Waals surface area contributed by atoms with Crippen LogP contribution in [-0.2, 0) is 9.53 Å². The molecule has 0 heterocycles. The van der Waals surface area contributed by atoms with E-state index in [9.17, 15) is 4.79 Å². The molecule has 1 aliphatic rings. The Morgan fingerprint density at radius 3 is 2.53 bits per heavy atom. The van der Waals surface area contributed by atoms with E-state index in [0.29, 0.717) is 12.2 Å². The number of hydrogen-bond acceptors (Lipinski definition) is 3. The van der Waals surface area contributed by atoms with Crippen molar-refractivity contribution in [2.45, 2.75) is 43.2 Å². The van der Waals surface area contributed by atoms with Crippen LogP contribution in [0, 0.1) is 6.92 Å². The van der Waals surface area contributed by atoms with Gasteiger partial charge in [-0.1, -0.05) is 12.1 Å². The first-order valence-electron chi connectivity index (χ1n) is 6.04. The van der Waals surface area contributed by atoms with E-state index in [4.69, 9.17) is 32.7 Å². The van der Waals surface area contributed by atoms with Gasteiger partial charge in [0.1, 0.15) is 10.1 Å². The van der Waals surface area contributed by atoms with Crippen LogP contribution in [0.1, 0.15) is 37.3 Å². The number of ether oxygens (including phenoxy) is 2. The van der Waals surface area contributed by atoms with Crippen molar-refractivity contribution in [1.82, 2.24) is 0 Å². The zero-order valence-corrected chi connectivity index (χ0v) is 12.6. The number of carbonyl (C=O) groups is 1. The van der Waals surface area contributed by atoms with Crippen molar-refractivity contribution in [1.29, 1.82) is 0 Å². The van der Waals surface area contributed by atoms with Crippen LogP contribution in [0.3, 0.4) is 0 Å². The normalized spacial score (nSPS) is 20.8. The summed E-state index contributed by atoms with van der Waals surface area (Å²) >= 11 is 12.1. The zero-order valence-electron chi connectivity index (χ0n) is 11.1. The second-order valence-corrected chi connectivity index (χ2v) is 6.80. The van der Waals surface area contributed by atoms with E-state index < -0.39 is 10.1 Å². The van der Waals surface area contributed by atoms with Crippen LogP contribution in [0.5, 0.6) is 5.75 Å². The van der Waals surface area contributed by atoms with Crippen LogP contribution in [-0.4, -0.2) is 16.6 Å². The lowest BCUT2D eigenvalue weighted by Gasteiger charge is -2.25. The van der Waals surface area contributed by atoms with E-state index in [1.54, 1.807) is 13.8 Å². The zero-order chi connectivity index (χ0) is 14.3. The second kappa shape index (κ2) is 4.88. The molecule has 1 fully saturated rings. The first kappa shape index (κ1) is 14.5. The summed E-state index contributed by atoms with van der Waals surface area (Å²) in [6, 6.07) is 5.79. The molecule has 104 valence electrons. The maximum absolute atomic E-state index is 10.4. The molecule has 0 saturated heterocycles. The lowest BCUT2D eigenvalue weighted by molar-refractivity contribution is -0.170. The van der Waals surface area contributed by atoms with E-state index in [-0.39, 0.29) is 5.92 Å². The molecule has 1 saturated carbocycles. The minimum absolute atomic E-state index is 0.183. The highest BCUT2D eigenvalue weighted by molar-refractivity contribution is 6.51. The fraction of sp³-hybridized carbons (Fsp3) is 0.500. The van der Waals surface area contributed by atoms with Crippen LogP contribution in [0.4, 0.5) is 0 Å². The standard InChI is InChI=1S/C14H16Cl2O3/c1-9-6-10(11-7-14(11,15)16)4-5-12(9)19-13(2,3)18-8-17/h4-6,8,11H,7H2,1-3H3. The highest BCUT2D eigenvalue weighted by Crippen LogP contribution is 2.59. The number of carbonyl (C=O) groups excluding carboxylic acids is 1. The molecule has 19 heavy (non-hydrogen) atoms. The summed E-state index contributed by atoms with van der Waals surface area (Å²) in [5.74, 6) is -0.134. The van der Waals surface area contributed by atoms with E-state index in [0.717, 1.165) is 17.5 Å². The molecule has 3 nitrogen and oxygen atoms in total. The number of aryl methyl sites for hydroxylation is 1. The molecule has 0 radical (unpaired) electrons. The lowest BCUT2D eigenvalue weighted by atomic mass is 10.1. The first-order valence-corrected chi connectivity index (χ1v) is 6.79. The SMILES string of the molecule is Cc1cc(C2CC2(Cl)Cl)ccc1OC(C)(C)OC=O. The Morgan fingerprint density at radius 1 is 1.42 bits per heavy atom. The van der Waals surface area contributed by atoms with Crippen molar-refractivity contribution < 1.29 is 14.3 Å². The largest absolute Gasteiger partial charge is 0.453 e. The molecule has 1 aromatic carbocycles. The van der Waals surface area contributed by atoms with Gasteiger partial charge >= 0.3 is 0 Å². The Morgan fingerprint density at radius 2 is 2.05 bits per heavy atom. The summed E-state index contributed by atoms with van der Waals surface area (Å²) in [5, 5.41) is 0. The summed E-state index contributed by atoms with van der Waals surface area (Å²) in [6.07, 6.45) is 0.773. The Hall–Kier alpha value is -0.930. The minimum atomic E-state index is -0.990. The third-order valence-electron chi connectivity index (χ3n) is 3.11.